The van der Waals surface area contributed by atoms with Gasteiger partial charge in [-0.1, -0.05) is 18.2 Å². The van der Waals surface area contributed by atoms with Crippen molar-refractivity contribution in [3.8, 4) is 5.82 Å². The second-order valence-electron chi connectivity index (χ2n) is 6.32. The lowest BCUT2D eigenvalue weighted by Gasteiger charge is -2.11. The molecule has 0 radical (unpaired) electrons. The Hall–Kier alpha value is -4.34. The molecule has 0 unspecified atom stereocenters. The molecule has 10 nitrogen and oxygen atoms in total. The molecule has 10 heteroatoms. The highest BCUT2D eigenvalue weighted by Crippen LogP contribution is 2.25. The number of hydrogen-bond donors (Lipinski definition) is 1. The first kappa shape index (κ1) is 20.0. The van der Waals surface area contributed by atoms with Crippen molar-refractivity contribution in [1.82, 2.24) is 25.0 Å². The van der Waals surface area contributed by atoms with E-state index in [9.17, 15) is 9.59 Å². The highest BCUT2D eigenvalue weighted by atomic mass is 16.5. The summed E-state index contributed by atoms with van der Waals surface area (Å²) < 4.78 is 11.2. The van der Waals surface area contributed by atoms with Crippen LogP contribution in [0.5, 0.6) is 0 Å². The predicted molar refractivity (Wildman–Crippen MR) is 111 cm³/mol. The highest BCUT2D eigenvalue weighted by Gasteiger charge is 2.21. The minimum Gasteiger partial charge on any atom is -0.464 e. The van der Waals surface area contributed by atoms with Crippen molar-refractivity contribution in [2.75, 3.05) is 19.0 Å². The summed E-state index contributed by atoms with van der Waals surface area (Å²) in [5, 5.41) is 16.1. The Balaban J connectivity index is 1.75. The fourth-order valence-corrected chi connectivity index (χ4v) is 2.91. The predicted octanol–water partition coefficient (Wildman–Crippen LogP) is 2.92. The first-order valence-corrected chi connectivity index (χ1v) is 9.41. The molecule has 0 atom stereocenters. The van der Waals surface area contributed by atoms with E-state index < -0.39 is 11.9 Å². The number of esters is 2. The number of carbonyl (C=O) groups excluding carboxylic acids is 2. The topological polar surface area (TPSA) is 121 Å². The monoisotopic (exact) mass is 418 g/mol. The highest BCUT2D eigenvalue weighted by molar-refractivity contribution is 5.95. The number of rotatable bonds is 6. The van der Waals surface area contributed by atoms with Crippen LogP contribution in [0.25, 0.3) is 16.7 Å². The number of fused-ring (bicyclic) bond motifs is 1. The number of aromatic nitrogens is 5. The number of carbonyl (C=O) groups is 2. The molecule has 4 rings (SSSR count). The van der Waals surface area contributed by atoms with Gasteiger partial charge in [0, 0.05) is 5.39 Å². The fourth-order valence-electron chi connectivity index (χ4n) is 2.91. The molecule has 0 saturated carbocycles. The first-order chi connectivity index (χ1) is 15.1. The zero-order valence-corrected chi connectivity index (χ0v) is 16.8. The van der Waals surface area contributed by atoms with Crippen LogP contribution >= 0.6 is 0 Å². The molecule has 0 bridgehead atoms. The Labute approximate surface area is 176 Å². The SMILES string of the molecule is CCOC(=O)c1cnn(-c2ccc3ccccc3n2)c1Nc1ccc(C(=O)OC)nn1. The van der Waals surface area contributed by atoms with Gasteiger partial charge in [0.2, 0.25) is 0 Å². The van der Waals surface area contributed by atoms with Gasteiger partial charge in [-0.15, -0.1) is 10.2 Å². The summed E-state index contributed by atoms with van der Waals surface area (Å²) in [6, 6.07) is 14.4. The summed E-state index contributed by atoms with van der Waals surface area (Å²) >= 11 is 0. The Kier molecular flexibility index (Phi) is 5.52. The summed E-state index contributed by atoms with van der Waals surface area (Å²) in [5.41, 5.74) is 1.04. The lowest BCUT2D eigenvalue weighted by molar-refractivity contribution is 0.0526. The van der Waals surface area contributed by atoms with Crippen LogP contribution in [-0.2, 0) is 9.47 Å². The van der Waals surface area contributed by atoms with E-state index in [-0.39, 0.29) is 17.9 Å². The molecular formula is C21H18N6O4. The van der Waals surface area contributed by atoms with E-state index in [1.807, 2.05) is 30.3 Å². The number of benzene rings is 1. The first-order valence-electron chi connectivity index (χ1n) is 9.41. The summed E-state index contributed by atoms with van der Waals surface area (Å²) in [6.07, 6.45) is 1.40. The van der Waals surface area contributed by atoms with Crippen LogP contribution in [-0.4, -0.2) is 50.6 Å². The van der Waals surface area contributed by atoms with E-state index in [0.717, 1.165) is 10.9 Å². The maximum atomic E-state index is 12.5. The standard InChI is InChI=1S/C21H18N6O4/c1-3-31-20(28)14-12-22-27(18-11-8-13-6-4-5-7-15(13)23-18)19(14)24-17-10-9-16(25-26-17)21(29)30-2/h4-12H,3H2,1-2H3,(H,24,26). The van der Waals surface area contributed by atoms with Crippen molar-refractivity contribution in [2.24, 2.45) is 0 Å². The zero-order valence-electron chi connectivity index (χ0n) is 16.8. The van der Waals surface area contributed by atoms with E-state index >= 15 is 0 Å². The fraction of sp³-hybridized carbons (Fsp3) is 0.143. The van der Waals surface area contributed by atoms with Gasteiger partial charge in [-0.2, -0.15) is 9.78 Å². The maximum absolute atomic E-state index is 12.5. The molecule has 3 heterocycles. The normalized spacial score (nSPS) is 10.6. The molecule has 0 fully saturated rings. The second kappa shape index (κ2) is 8.57. The minimum absolute atomic E-state index is 0.0587. The number of nitrogens with zero attached hydrogens (tertiary/aromatic N) is 5. The maximum Gasteiger partial charge on any atom is 0.358 e. The largest absolute Gasteiger partial charge is 0.464 e. The van der Waals surface area contributed by atoms with E-state index in [2.05, 4.69) is 30.3 Å². The van der Waals surface area contributed by atoms with Gasteiger partial charge in [-0.25, -0.2) is 14.6 Å². The summed E-state index contributed by atoms with van der Waals surface area (Å²) in [4.78, 5) is 28.7. The van der Waals surface area contributed by atoms with Crippen molar-refractivity contribution in [2.45, 2.75) is 6.92 Å². The number of nitrogens with one attached hydrogen (secondary N) is 1. The summed E-state index contributed by atoms with van der Waals surface area (Å²) in [7, 11) is 1.26. The number of para-hydroxylation sites is 1. The molecule has 31 heavy (non-hydrogen) atoms. The molecule has 0 aliphatic heterocycles. The van der Waals surface area contributed by atoms with E-state index in [1.165, 1.54) is 24.1 Å². The van der Waals surface area contributed by atoms with Crippen LogP contribution in [0.3, 0.4) is 0 Å². The molecule has 0 amide bonds. The van der Waals surface area contributed by atoms with Crippen molar-refractivity contribution >= 4 is 34.5 Å². The number of pyridine rings is 1. The molecule has 1 aromatic carbocycles. The van der Waals surface area contributed by atoms with Gasteiger partial charge in [-0.05, 0) is 37.3 Å². The van der Waals surface area contributed by atoms with Crippen LogP contribution < -0.4 is 5.32 Å². The third-order valence-electron chi connectivity index (χ3n) is 4.37. The van der Waals surface area contributed by atoms with Crippen molar-refractivity contribution in [3.05, 3.63) is 66.0 Å². The van der Waals surface area contributed by atoms with Gasteiger partial charge in [0.25, 0.3) is 0 Å². The number of anilines is 2. The second-order valence-corrected chi connectivity index (χ2v) is 6.32. The van der Waals surface area contributed by atoms with Gasteiger partial charge in [0.05, 0.1) is 25.4 Å². The molecule has 1 N–H and O–H groups in total. The molecule has 0 saturated heterocycles. The number of ether oxygens (including phenoxy) is 2. The molecule has 0 aliphatic carbocycles. The van der Waals surface area contributed by atoms with E-state index in [4.69, 9.17) is 4.74 Å². The minimum atomic E-state index is -0.600. The Morgan fingerprint density at radius 1 is 1.03 bits per heavy atom. The lowest BCUT2D eigenvalue weighted by atomic mass is 10.2. The Morgan fingerprint density at radius 3 is 2.61 bits per heavy atom. The molecule has 4 aromatic rings. The van der Waals surface area contributed by atoms with Crippen LogP contribution in [0.4, 0.5) is 11.6 Å². The smallest absolute Gasteiger partial charge is 0.358 e. The molecule has 156 valence electrons. The third-order valence-corrected chi connectivity index (χ3v) is 4.37. The summed E-state index contributed by atoms with van der Waals surface area (Å²) in [5.74, 6) is -0.0502. The van der Waals surface area contributed by atoms with Gasteiger partial charge in [0.15, 0.2) is 23.1 Å². The van der Waals surface area contributed by atoms with Crippen molar-refractivity contribution in [3.63, 3.8) is 0 Å². The summed E-state index contributed by atoms with van der Waals surface area (Å²) in [6.45, 7) is 1.93. The number of hydrogen-bond acceptors (Lipinski definition) is 9. The molecule has 0 spiro atoms. The Morgan fingerprint density at radius 2 is 1.87 bits per heavy atom. The quantitative estimate of drug-likeness (QED) is 0.471. The lowest BCUT2D eigenvalue weighted by Crippen LogP contribution is -2.12. The van der Waals surface area contributed by atoms with Crippen molar-refractivity contribution < 1.29 is 19.1 Å². The van der Waals surface area contributed by atoms with E-state index in [1.54, 1.807) is 19.1 Å². The van der Waals surface area contributed by atoms with Crippen LogP contribution in [0.2, 0.25) is 0 Å². The van der Waals surface area contributed by atoms with E-state index in [0.29, 0.717) is 17.5 Å². The average Bonchev–Trinajstić information content (AvgIpc) is 3.22. The van der Waals surface area contributed by atoms with Crippen LogP contribution in [0, 0.1) is 0 Å². The molecular weight excluding hydrogens is 400 g/mol. The van der Waals surface area contributed by atoms with Gasteiger partial charge >= 0.3 is 11.9 Å². The number of methoxy groups -OCH3 is 1. The van der Waals surface area contributed by atoms with Gasteiger partial charge < -0.3 is 14.8 Å². The van der Waals surface area contributed by atoms with Gasteiger partial charge in [-0.3, -0.25) is 0 Å². The average molecular weight is 418 g/mol. The van der Waals surface area contributed by atoms with Crippen molar-refractivity contribution in [1.29, 1.82) is 0 Å². The van der Waals surface area contributed by atoms with Crippen LogP contribution in [0.15, 0.2) is 54.7 Å². The molecule has 0 aliphatic rings. The van der Waals surface area contributed by atoms with Gasteiger partial charge in [0.1, 0.15) is 5.56 Å². The Bertz CT molecular complexity index is 1250. The van der Waals surface area contributed by atoms with Crippen LogP contribution in [0.1, 0.15) is 27.8 Å². The zero-order chi connectivity index (χ0) is 21.8. The molecule has 3 aromatic heterocycles. The third kappa shape index (κ3) is 4.04.